The molecule has 2 aliphatic rings. The van der Waals surface area contributed by atoms with E-state index in [0.717, 1.165) is 5.56 Å². The van der Waals surface area contributed by atoms with Gasteiger partial charge < -0.3 is 19.3 Å². The van der Waals surface area contributed by atoms with E-state index >= 15 is 0 Å². The molecule has 3 rings (SSSR count). The second-order valence-electron chi connectivity index (χ2n) is 6.00. The van der Waals surface area contributed by atoms with Crippen LogP contribution in [0, 0.1) is 0 Å². The molecule has 1 aromatic carbocycles. The Morgan fingerprint density at radius 1 is 1.30 bits per heavy atom. The Balaban J connectivity index is 1.74. The SMILES string of the molecule is C[C@@H]1CN(C(=O)[C@@H]2COCC(=O)N2Cc2ccccc2)CCO1. The maximum Gasteiger partial charge on any atom is 0.249 e. The molecule has 2 fully saturated rings. The van der Waals surface area contributed by atoms with Crippen LogP contribution in [0.5, 0.6) is 0 Å². The van der Waals surface area contributed by atoms with Crippen molar-refractivity contribution in [2.45, 2.75) is 25.6 Å². The third-order valence-corrected chi connectivity index (χ3v) is 4.23. The van der Waals surface area contributed by atoms with E-state index in [2.05, 4.69) is 0 Å². The quantitative estimate of drug-likeness (QED) is 0.821. The monoisotopic (exact) mass is 318 g/mol. The fraction of sp³-hybridized carbons (Fsp3) is 0.529. The van der Waals surface area contributed by atoms with Gasteiger partial charge in [0.1, 0.15) is 12.6 Å². The summed E-state index contributed by atoms with van der Waals surface area (Å²) in [6.45, 7) is 4.32. The van der Waals surface area contributed by atoms with Gasteiger partial charge in [-0.25, -0.2) is 0 Å². The molecule has 0 saturated carbocycles. The van der Waals surface area contributed by atoms with E-state index in [-0.39, 0.29) is 31.1 Å². The van der Waals surface area contributed by atoms with Gasteiger partial charge in [-0.15, -0.1) is 0 Å². The molecular formula is C17H22N2O4. The highest BCUT2D eigenvalue weighted by Crippen LogP contribution is 2.17. The molecule has 2 saturated heterocycles. The molecule has 0 spiro atoms. The zero-order valence-electron chi connectivity index (χ0n) is 13.3. The lowest BCUT2D eigenvalue weighted by atomic mass is 10.1. The van der Waals surface area contributed by atoms with E-state index in [4.69, 9.17) is 9.47 Å². The second-order valence-corrected chi connectivity index (χ2v) is 6.00. The highest BCUT2D eigenvalue weighted by molar-refractivity contribution is 5.89. The van der Waals surface area contributed by atoms with Crippen molar-refractivity contribution in [1.29, 1.82) is 0 Å². The zero-order chi connectivity index (χ0) is 16.2. The first-order valence-electron chi connectivity index (χ1n) is 7.96. The number of carbonyl (C=O) groups excluding carboxylic acids is 2. The fourth-order valence-corrected chi connectivity index (χ4v) is 3.02. The summed E-state index contributed by atoms with van der Waals surface area (Å²) in [7, 11) is 0. The number of rotatable bonds is 3. The Kier molecular flexibility index (Phi) is 4.93. The minimum absolute atomic E-state index is 0.0236. The molecule has 6 heteroatoms. The number of carbonyl (C=O) groups is 2. The van der Waals surface area contributed by atoms with Gasteiger partial charge >= 0.3 is 0 Å². The average molecular weight is 318 g/mol. The Morgan fingerprint density at radius 3 is 2.83 bits per heavy atom. The third kappa shape index (κ3) is 3.71. The Morgan fingerprint density at radius 2 is 2.09 bits per heavy atom. The van der Waals surface area contributed by atoms with Gasteiger partial charge in [0, 0.05) is 19.6 Å². The highest BCUT2D eigenvalue weighted by atomic mass is 16.5. The Labute approximate surface area is 136 Å². The fourth-order valence-electron chi connectivity index (χ4n) is 3.02. The summed E-state index contributed by atoms with van der Waals surface area (Å²) in [5, 5.41) is 0. The molecule has 0 unspecified atom stereocenters. The molecule has 0 aromatic heterocycles. The molecule has 2 aliphatic heterocycles. The molecule has 2 atom stereocenters. The Bertz CT molecular complexity index is 563. The van der Waals surface area contributed by atoms with E-state index in [0.29, 0.717) is 26.2 Å². The molecule has 124 valence electrons. The van der Waals surface area contributed by atoms with Crippen molar-refractivity contribution in [2.75, 3.05) is 32.9 Å². The lowest BCUT2D eigenvalue weighted by Gasteiger charge is -2.39. The first kappa shape index (κ1) is 16.0. The van der Waals surface area contributed by atoms with Gasteiger partial charge in [0.05, 0.1) is 19.3 Å². The van der Waals surface area contributed by atoms with Crippen LogP contribution in [0.1, 0.15) is 12.5 Å². The van der Waals surface area contributed by atoms with Gasteiger partial charge in [-0.1, -0.05) is 30.3 Å². The van der Waals surface area contributed by atoms with Gasteiger partial charge in [0.15, 0.2) is 0 Å². The van der Waals surface area contributed by atoms with Crippen molar-refractivity contribution in [3.8, 4) is 0 Å². The van der Waals surface area contributed by atoms with Gasteiger partial charge in [0.25, 0.3) is 0 Å². The highest BCUT2D eigenvalue weighted by Gasteiger charge is 2.37. The van der Waals surface area contributed by atoms with Gasteiger partial charge in [0.2, 0.25) is 11.8 Å². The first-order chi connectivity index (χ1) is 11.1. The van der Waals surface area contributed by atoms with Crippen molar-refractivity contribution < 1.29 is 19.1 Å². The summed E-state index contributed by atoms with van der Waals surface area (Å²) >= 11 is 0. The molecule has 0 bridgehead atoms. The predicted molar refractivity (Wildman–Crippen MR) is 83.6 cm³/mol. The lowest BCUT2D eigenvalue weighted by Crippen LogP contribution is -2.58. The number of amides is 2. The van der Waals surface area contributed by atoms with Crippen molar-refractivity contribution in [3.05, 3.63) is 35.9 Å². The van der Waals surface area contributed by atoms with Gasteiger partial charge in [-0.3, -0.25) is 9.59 Å². The number of morpholine rings is 2. The molecule has 6 nitrogen and oxygen atoms in total. The summed E-state index contributed by atoms with van der Waals surface area (Å²) in [5.74, 6) is -0.191. The van der Waals surface area contributed by atoms with Crippen LogP contribution in [-0.4, -0.2) is 66.7 Å². The molecule has 2 amide bonds. The van der Waals surface area contributed by atoms with Crippen LogP contribution in [0.15, 0.2) is 30.3 Å². The summed E-state index contributed by atoms with van der Waals surface area (Å²) in [5.41, 5.74) is 1.01. The minimum Gasteiger partial charge on any atom is -0.375 e. The van der Waals surface area contributed by atoms with Crippen molar-refractivity contribution in [3.63, 3.8) is 0 Å². The van der Waals surface area contributed by atoms with Crippen LogP contribution >= 0.6 is 0 Å². The smallest absolute Gasteiger partial charge is 0.249 e. The molecule has 1 aromatic rings. The van der Waals surface area contributed by atoms with Crippen LogP contribution in [-0.2, 0) is 25.6 Å². The normalized spacial score (nSPS) is 25.5. The maximum absolute atomic E-state index is 12.8. The molecule has 23 heavy (non-hydrogen) atoms. The van der Waals surface area contributed by atoms with Crippen LogP contribution in [0.4, 0.5) is 0 Å². The van der Waals surface area contributed by atoms with Gasteiger partial charge in [-0.05, 0) is 12.5 Å². The van der Waals surface area contributed by atoms with Crippen LogP contribution in [0.3, 0.4) is 0 Å². The van der Waals surface area contributed by atoms with Gasteiger partial charge in [-0.2, -0.15) is 0 Å². The zero-order valence-corrected chi connectivity index (χ0v) is 13.3. The molecular weight excluding hydrogens is 296 g/mol. The summed E-state index contributed by atoms with van der Waals surface area (Å²) in [4.78, 5) is 28.5. The summed E-state index contributed by atoms with van der Waals surface area (Å²) in [6.07, 6.45) is 0.0236. The van der Waals surface area contributed by atoms with Crippen molar-refractivity contribution >= 4 is 11.8 Å². The van der Waals surface area contributed by atoms with Crippen LogP contribution in [0.2, 0.25) is 0 Å². The molecule has 0 N–H and O–H groups in total. The number of ether oxygens (including phenoxy) is 2. The summed E-state index contributed by atoms with van der Waals surface area (Å²) < 4.78 is 10.8. The predicted octanol–water partition coefficient (Wildman–Crippen LogP) is 0.661. The number of nitrogens with zero attached hydrogens (tertiary/aromatic N) is 2. The summed E-state index contributed by atoms with van der Waals surface area (Å²) in [6, 6.07) is 9.16. The maximum atomic E-state index is 12.8. The topological polar surface area (TPSA) is 59.1 Å². The first-order valence-corrected chi connectivity index (χ1v) is 7.96. The largest absolute Gasteiger partial charge is 0.375 e. The Hall–Kier alpha value is -1.92. The van der Waals surface area contributed by atoms with E-state index in [1.54, 1.807) is 9.80 Å². The molecule has 0 aliphatic carbocycles. The van der Waals surface area contributed by atoms with Crippen molar-refractivity contribution in [2.24, 2.45) is 0 Å². The van der Waals surface area contributed by atoms with Crippen LogP contribution in [0.25, 0.3) is 0 Å². The average Bonchev–Trinajstić information content (AvgIpc) is 2.57. The van der Waals surface area contributed by atoms with E-state index < -0.39 is 6.04 Å². The number of hydrogen-bond donors (Lipinski definition) is 0. The van der Waals surface area contributed by atoms with E-state index in [1.807, 2.05) is 37.3 Å². The second kappa shape index (κ2) is 7.10. The lowest BCUT2D eigenvalue weighted by molar-refractivity contribution is -0.163. The standard InChI is InChI=1S/C17H22N2O4/c1-13-9-18(7-8-23-13)17(21)15-11-22-12-16(20)19(15)10-14-5-3-2-4-6-14/h2-6,13,15H,7-12H2,1H3/t13-,15+/m1/s1. The van der Waals surface area contributed by atoms with Crippen LogP contribution < -0.4 is 0 Å². The van der Waals surface area contributed by atoms with E-state index in [1.165, 1.54) is 0 Å². The molecule has 2 heterocycles. The van der Waals surface area contributed by atoms with Crippen molar-refractivity contribution in [1.82, 2.24) is 9.80 Å². The van der Waals surface area contributed by atoms with E-state index in [9.17, 15) is 9.59 Å². The number of benzene rings is 1. The minimum atomic E-state index is -0.554. The number of hydrogen-bond acceptors (Lipinski definition) is 4. The third-order valence-electron chi connectivity index (χ3n) is 4.23. The molecule has 0 radical (unpaired) electrons.